The van der Waals surface area contributed by atoms with Gasteiger partial charge in [0.15, 0.2) is 0 Å². The average molecular weight is 533 g/mol. The number of likely N-dealkylation sites (tertiary alicyclic amines) is 1. The number of benzene rings is 1. The van der Waals surface area contributed by atoms with Gasteiger partial charge in [0.05, 0.1) is 11.5 Å². The smallest absolute Gasteiger partial charge is 0.416 e. The summed E-state index contributed by atoms with van der Waals surface area (Å²) in [7, 11) is 0. The van der Waals surface area contributed by atoms with Gasteiger partial charge in [-0.3, -0.25) is 14.5 Å². The molecule has 5 rings (SSSR count). The topological polar surface area (TPSA) is 88.1 Å². The van der Waals surface area contributed by atoms with Crippen molar-refractivity contribution >= 4 is 24.3 Å². The minimum Gasteiger partial charge on any atom is -0.489 e. The summed E-state index contributed by atoms with van der Waals surface area (Å²) in [6, 6.07) is 4.95. The maximum Gasteiger partial charge on any atom is 0.416 e. The van der Waals surface area contributed by atoms with Gasteiger partial charge in [0.2, 0.25) is 5.91 Å². The number of nitrogens with one attached hydrogen (secondary N) is 1. The fourth-order valence-electron chi connectivity index (χ4n) is 6.45. The summed E-state index contributed by atoms with van der Waals surface area (Å²) < 4.78 is 50.6. The molecule has 1 atom stereocenters. The molecule has 7 nitrogen and oxygen atoms in total. The average Bonchev–Trinajstić information content (AvgIpc) is 3.23. The molecule has 2 saturated heterocycles. The molecule has 0 aromatic heterocycles. The molecule has 0 bridgehead atoms. The highest BCUT2D eigenvalue weighted by atomic mass is 35.5. The number of hydrogen-bond acceptors (Lipinski definition) is 5. The SMILES string of the molecule is Cl.O=C(O)C1CC2(CC(NC(=O)C3(N4CCC(Oc5cccc(C(F)(F)F)c5)C4)CCOCC3)C2)C1. The zero-order chi connectivity index (χ0) is 24.8. The molecular formula is C25H32ClF3N2O5. The molecule has 1 aromatic carbocycles. The molecule has 11 heteroatoms. The van der Waals surface area contributed by atoms with Crippen LogP contribution in [0.1, 0.15) is 50.5 Å². The van der Waals surface area contributed by atoms with Gasteiger partial charge < -0.3 is 19.9 Å². The van der Waals surface area contributed by atoms with Crippen LogP contribution in [0.15, 0.2) is 24.3 Å². The van der Waals surface area contributed by atoms with Crippen molar-refractivity contribution in [3.63, 3.8) is 0 Å². The molecule has 2 N–H and O–H groups in total. The van der Waals surface area contributed by atoms with Gasteiger partial charge in [-0.2, -0.15) is 13.2 Å². The maximum absolute atomic E-state index is 13.6. The lowest BCUT2D eigenvalue weighted by atomic mass is 9.50. The van der Waals surface area contributed by atoms with Crippen LogP contribution >= 0.6 is 12.4 Å². The lowest BCUT2D eigenvalue weighted by molar-refractivity contribution is -0.158. The molecule has 2 heterocycles. The summed E-state index contributed by atoms with van der Waals surface area (Å²) >= 11 is 0. The molecular weight excluding hydrogens is 501 g/mol. The lowest BCUT2D eigenvalue weighted by Crippen LogP contribution is -2.65. The Balaban J connectivity index is 0.00000304. The Labute approximate surface area is 214 Å². The van der Waals surface area contributed by atoms with Crippen LogP contribution in [0.25, 0.3) is 0 Å². The van der Waals surface area contributed by atoms with E-state index in [1.165, 1.54) is 12.1 Å². The second-order valence-electron chi connectivity index (χ2n) is 10.7. The van der Waals surface area contributed by atoms with Crippen LogP contribution < -0.4 is 10.1 Å². The number of carbonyl (C=O) groups excluding carboxylic acids is 1. The minimum atomic E-state index is -4.43. The number of aliphatic carboxylic acids is 1. The highest BCUT2D eigenvalue weighted by Gasteiger charge is 2.56. The number of ether oxygens (including phenoxy) is 2. The number of carbonyl (C=O) groups is 2. The van der Waals surface area contributed by atoms with Crippen molar-refractivity contribution in [3.05, 3.63) is 29.8 Å². The second-order valence-corrected chi connectivity index (χ2v) is 10.7. The van der Waals surface area contributed by atoms with E-state index in [-0.39, 0.29) is 47.5 Å². The number of alkyl halides is 3. The minimum absolute atomic E-state index is 0. The molecule has 2 saturated carbocycles. The molecule has 1 amide bonds. The molecule has 1 aromatic rings. The van der Waals surface area contributed by atoms with E-state index in [0.29, 0.717) is 58.4 Å². The van der Waals surface area contributed by atoms with E-state index in [4.69, 9.17) is 14.6 Å². The van der Waals surface area contributed by atoms with E-state index < -0.39 is 23.2 Å². The Bertz CT molecular complexity index is 971. The fraction of sp³-hybridized carbons (Fsp3) is 0.680. The van der Waals surface area contributed by atoms with Gasteiger partial charge in [-0.25, -0.2) is 0 Å². The predicted molar refractivity (Wildman–Crippen MR) is 126 cm³/mol. The number of carboxylic acid groups (broad SMARTS) is 1. The van der Waals surface area contributed by atoms with Crippen molar-refractivity contribution in [2.24, 2.45) is 11.3 Å². The van der Waals surface area contributed by atoms with Crippen LogP contribution in [0, 0.1) is 11.3 Å². The van der Waals surface area contributed by atoms with Crippen molar-refractivity contribution in [3.8, 4) is 5.75 Å². The number of nitrogens with zero attached hydrogens (tertiary/aromatic N) is 1. The summed E-state index contributed by atoms with van der Waals surface area (Å²) in [6.07, 6.45) is -0.00678. The third-order valence-electron chi connectivity index (χ3n) is 8.36. The first kappa shape index (κ1) is 27.0. The quantitative estimate of drug-likeness (QED) is 0.578. The first-order valence-corrected chi connectivity index (χ1v) is 12.3. The van der Waals surface area contributed by atoms with Gasteiger partial charge >= 0.3 is 12.1 Å². The van der Waals surface area contributed by atoms with Crippen LogP contribution in [-0.2, 0) is 20.5 Å². The van der Waals surface area contributed by atoms with E-state index in [1.807, 2.05) is 0 Å². The number of hydrogen-bond donors (Lipinski definition) is 2. The zero-order valence-electron chi connectivity index (χ0n) is 19.9. The summed E-state index contributed by atoms with van der Waals surface area (Å²) in [6.45, 7) is 2.01. The Morgan fingerprint density at radius 2 is 1.83 bits per heavy atom. The van der Waals surface area contributed by atoms with Crippen LogP contribution in [0.2, 0.25) is 0 Å². The first-order valence-electron chi connectivity index (χ1n) is 12.3. The van der Waals surface area contributed by atoms with Crippen molar-refractivity contribution in [1.29, 1.82) is 0 Å². The molecule has 1 unspecified atom stereocenters. The van der Waals surface area contributed by atoms with Crippen molar-refractivity contribution < 1.29 is 37.3 Å². The van der Waals surface area contributed by atoms with E-state index in [1.54, 1.807) is 0 Å². The molecule has 2 aliphatic heterocycles. The largest absolute Gasteiger partial charge is 0.489 e. The van der Waals surface area contributed by atoms with Gasteiger partial charge in [0.25, 0.3) is 0 Å². The van der Waals surface area contributed by atoms with Gasteiger partial charge in [-0.1, -0.05) is 6.07 Å². The summed E-state index contributed by atoms with van der Waals surface area (Å²) in [5, 5.41) is 12.3. The van der Waals surface area contributed by atoms with E-state index in [9.17, 15) is 22.8 Å². The number of amides is 1. The predicted octanol–water partition coefficient (Wildman–Crippen LogP) is 3.89. The molecule has 1 spiro atoms. The zero-order valence-corrected chi connectivity index (χ0v) is 20.7. The third kappa shape index (κ3) is 5.17. The van der Waals surface area contributed by atoms with Crippen LogP contribution in [-0.4, -0.2) is 65.9 Å². The Kier molecular flexibility index (Phi) is 7.52. The molecule has 4 aliphatic rings. The highest BCUT2D eigenvalue weighted by Crippen LogP contribution is 2.58. The van der Waals surface area contributed by atoms with Gasteiger partial charge in [-0.05, 0) is 68.6 Å². The monoisotopic (exact) mass is 532 g/mol. The third-order valence-corrected chi connectivity index (χ3v) is 8.36. The standard InChI is InChI=1S/C25H31F3N2O5.ClH/c26-25(27,28)17-2-1-3-19(10-17)35-20-4-7-30(15-20)24(5-8-34-9-6-24)22(33)29-18-13-23(14-18)11-16(12-23)21(31)32;/h1-3,10,16,18,20H,4-9,11-15H2,(H,29,33)(H,31,32);1H. The van der Waals surface area contributed by atoms with Gasteiger partial charge in [-0.15, -0.1) is 12.4 Å². The molecule has 200 valence electrons. The van der Waals surface area contributed by atoms with Gasteiger partial charge in [0, 0.05) is 32.3 Å². The molecule has 2 aliphatic carbocycles. The van der Waals surface area contributed by atoms with Gasteiger partial charge in [0.1, 0.15) is 17.4 Å². The van der Waals surface area contributed by atoms with Crippen molar-refractivity contribution in [2.75, 3.05) is 26.3 Å². The number of rotatable bonds is 6. The van der Waals surface area contributed by atoms with Crippen LogP contribution in [0.5, 0.6) is 5.75 Å². The number of carboxylic acids is 1. The molecule has 0 radical (unpaired) electrons. The summed E-state index contributed by atoms with van der Waals surface area (Å²) in [4.78, 5) is 26.8. The summed E-state index contributed by atoms with van der Waals surface area (Å²) in [5.41, 5.74) is -1.40. The molecule has 4 fully saturated rings. The summed E-state index contributed by atoms with van der Waals surface area (Å²) in [5.74, 6) is -0.849. The van der Waals surface area contributed by atoms with Crippen molar-refractivity contribution in [2.45, 2.75) is 68.8 Å². The second kappa shape index (κ2) is 10.0. The Morgan fingerprint density at radius 1 is 1.14 bits per heavy atom. The number of halogens is 4. The Morgan fingerprint density at radius 3 is 2.47 bits per heavy atom. The van der Waals surface area contributed by atoms with E-state index in [0.717, 1.165) is 25.0 Å². The lowest BCUT2D eigenvalue weighted by Gasteiger charge is -2.57. The molecule has 36 heavy (non-hydrogen) atoms. The normalized spacial score (nSPS) is 31.6. The van der Waals surface area contributed by atoms with Crippen LogP contribution in [0.3, 0.4) is 0 Å². The Hall–Kier alpha value is -2.04. The van der Waals surface area contributed by atoms with E-state index in [2.05, 4.69) is 10.2 Å². The van der Waals surface area contributed by atoms with Crippen molar-refractivity contribution in [1.82, 2.24) is 10.2 Å². The van der Waals surface area contributed by atoms with Crippen LogP contribution in [0.4, 0.5) is 13.2 Å². The maximum atomic E-state index is 13.6. The highest BCUT2D eigenvalue weighted by molar-refractivity contribution is 5.87. The van der Waals surface area contributed by atoms with E-state index >= 15 is 0 Å². The first-order chi connectivity index (χ1) is 16.6. The fourth-order valence-corrected chi connectivity index (χ4v) is 6.45.